The summed E-state index contributed by atoms with van der Waals surface area (Å²) < 4.78 is 4.98. The van der Waals surface area contributed by atoms with Crippen LogP contribution in [-0.2, 0) is 11.3 Å². The van der Waals surface area contributed by atoms with E-state index in [9.17, 15) is 4.79 Å². The molecule has 6 nitrogen and oxygen atoms in total. The zero-order valence-corrected chi connectivity index (χ0v) is 12.0. The zero-order chi connectivity index (χ0) is 14.8. The van der Waals surface area contributed by atoms with E-state index in [2.05, 4.69) is 15.6 Å². The van der Waals surface area contributed by atoms with Crippen LogP contribution in [0.3, 0.4) is 0 Å². The molecule has 0 saturated heterocycles. The number of nitrogens with one attached hydrogen (secondary N) is 2. The molecule has 0 atom stereocenters. The summed E-state index contributed by atoms with van der Waals surface area (Å²) >= 11 is 0. The van der Waals surface area contributed by atoms with Gasteiger partial charge in [-0.3, -0.25) is 4.79 Å². The normalized spacial score (nSPS) is 11.2. The lowest BCUT2D eigenvalue weighted by molar-refractivity contribution is 0.100. The van der Waals surface area contributed by atoms with Gasteiger partial charge in [0, 0.05) is 25.8 Å². The van der Waals surface area contributed by atoms with Crippen LogP contribution in [0.5, 0.6) is 0 Å². The third kappa shape index (κ3) is 5.71. The van der Waals surface area contributed by atoms with Crippen molar-refractivity contribution in [1.29, 1.82) is 0 Å². The van der Waals surface area contributed by atoms with Gasteiger partial charge in [0.05, 0.1) is 13.2 Å². The van der Waals surface area contributed by atoms with E-state index in [0.29, 0.717) is 25.3 Å². The summed E-state index contributed by atoms with van der Waals surface area (Å²) in [6, 6.07) is 7.11. The van der Waals surface area contributed by atoms with Crippen molar-refractivity contribution < 1.29 is 9.53 Å². The Kier molecular flexibility index (Phi) is 7.13. The highest BCUT2D eigenvalue weighted by molar-refractivity contribution is 5.92. The Balaban J connectivity index is 2.58. The minimum Gasteiger partial charge on any atom is -0.383 e. The number of hydrogen-bond donors (Lipinski definition) is 3. The summed E-state index contributed by atoms with van der Waals surface area (Å²) in [7, 11) is 1.66. The van der Waals surface area contributed by atoms with Crippen LogP contribution < -0.4 is 16.4 Å². The minimum absolute atomic E-state index is 0.422. The number of carbonyl (C=O) groups is 1. The van der Waals surface area contributed by atoms with E-state index in [4.69, 9.17) is 10.5 Å². The summed E-state index contributed by atoms with van der Waals surface area (Å²) in [5, 5.41) is 6.31. The van der Waals surface area contributed by atoms with Crippen LogP contribution >= 0.6 is 0 Å². The predicted molar refractivity (Wildman–Crippen MR) is 79.7 cm³/mol. The third-order valence-electron chi connectivity index (χ3n) is 2.60. The van der Waals surface area contributed by atoms with E-state index in [1.807, 2.05) is 19.1 Å². The molecule has 0 saturated carbocycles. The van der Waals surface area contributed by atoms with Crippen LogP contribution in [0.4, 0.5) is 0 Å². The Hall–Kier alpha value is -2.08. The molecule has 1 aromatic carbocycles. The summed E-state index contributed by atoms with van der Waals surface area (Å²) in [5.41, 5.74) is 6.71. The second kappa shape index (κ2) is 8.92. The molecule has 0 fully saturated rings. The van der Waals surface area contributed by atoms with Crippen LogP contribution in [0.1, 0.15) is 22.8 Å². The van der Waals surface area contributed by atoms with Gasteiger partial charge in [-0.15, -0.1) is 0 Å². The lowest BCUT2D eigenvalue weighted by atomic mass is 10.1. The fourth-order valence-corrected chi connectivity index (χ4v) is 1.56. The summed E-state index contributed by atoms with van der Waals surface area (Å²) in [6.07, 6.45) is 0. The Morgan fingerprint density at radius 3 is 2.55 bits per heavy atom. The van der Waals surface area contributed by atoms with Crippen LogP contribution in [0.2, 0.25) is 0 Å². The van der Waals surface area contributed by atoms with Crippen LogP contribution in [0.25, 0.3) is 0 Å². The molecule has 0 radical (unpaired) electrons. The third-order valence-corrected chi connectivity index (χ3v) is 2.60. The molecule has 0 spiro atoms. The molecule has 4 N–H and O–H groups in total. The maximum absolute atomic E-state index is 11.0. The number of nitrogens with zero attached hydrogens (tertiary/aromatic N) is 1. The molecule has 1 amide bonds. The second-order valence-corrected chi connectivity index (χ2v) is 4.18. The Labute approximate surface area is 119 Å². The maximum Gasteiger partial charge on any atom is 0.248 e. The number of methoxy groups -OCH3 is 1. The van der Waals surface area contributed by atoms with Crippen LogP contribution in [0, 0.1) is 0 Å². The van der Waals surface area contributed by atoms with E-state index in [-0.39, 0.29) is 0 Å². The SMILES string of the molecule is CCNC(=NCc1ccc(C(N)=O)cc1)NCCOC. The average molecular weight is 278 g/mol. The molecule has 1 rings (SSSR count). The molecule has 0 aromatic heterocycles. The number of primary amides is 1. The van der Waals surface area contributed by atoms with Crippen molar-refractivity contribution >= 4 is 11.9 Å². The highest BCUT2D eigenvalue weighted by atomic mass is 16.5. The monoisotopic (exact) mass is 278 g/mol. The van der Waals surface area contributed by atoms with Crippen molar-refractivity contribution in [3.8, 4) is 0 Å². The smallest absolute Gasteiger partial charge is 0.248 e. The van der Waals surface area contributed by atoms with Crippen molar-refractivity contribution in [1.82, 2.24) is 10.6 Å². The first-order valence-electron chi connectivity index (χ1n) is 6.57. The Bertz CT molecular complexity index is 443. The van der Waals surface area contributed by atoms with Gasteiger partial charge in [-0.05, 0) is 24.6 Å². The van der Waals surface area contributed by atoms with Gasteiger partial charge in [0.15, 0.2) is 5.96 Å². The lowest BCUT2D eigenvalue weighted by Gasteiger charge is -2.10. The van der Waals surface area contributed by atoms with E-state index in [1.165, 1.54) is 0 Å². The Morgan fingerprint density at radius 2 is 2.00 bits per heavy atom. The summed E-state index contributed by atoms with van der Waals surface area (Å²) in [4.78, 5) is 15.4. The van der Waals surface area contributed by atoms with Crippen molar-refractivity contribution in [3.63, 3.8) is 0 Å². The van der Waals surface area contributed by atoms with Gasteiger partial charge in [-0.2, -0.15) is 0 Å². The predicted octanol–water partition coefficient (Wildman–Crippen LogP) is 0.487. The number of amides is 1. The highest BCUT2D eigenvalue weighted by Gasteiger charge is 2.00. The number of aliphatic imine (C=N–C) groups is 1. The standard InChI is InChI=1S/C14H22N4O2/c1-3-16-14(17-8-9-20-2)18-10-11-4-6-12(7-5-11)13(15)19/h4-7H,3,8-10H2,1-2H3,(H2,15,19)(H2,16,17,18). The van der Waals surface area contributed by atoms with E-state index < -0.39 is 5.91 Å². The minimum atomic E-state index is -0.422. The lowest BCUT2D eigenvalue weighted by Crippen LogP contribution is -2.38. The fraction of sp³-hybridized carbons (Fsp3) is 0.429. The molecule has 0 bridgehead atoms. The molecule has 0 aliphatic heterocycles. The van der Waals surface area contributed by atoms with Gasteiger partial charge in [0.1, 0.15) is 0 Å². The van der Waals surface area contributed by atoms with Gasteiger partial charge < -0.3 is 21.1 Å². The van der Waals surface area contributed by atoms with Crippen molar-refractivity contribution in [2.75, 3.05) is 26.8 Å². The number of nitrogens with two attached hydrogens (primary N) is 1. The number of guanidine groups is 1. The molecule has 0 aliphatic carbocycles. The molecule has 0 aliphatic rings. The maximum atomic E-state index is 11.0. The highest BCUT2D eigenvalue weighted by Crippen LogP contribution is 2.05. The van der Waals surface area contributed by atoms with E-state index in [0.717, 1.165) is 18.1 Å². The van der Waals surface area contributed by atoms with Gasteiger partial charge in [0.2, 0.25) is 5.91 Å². The molecule has 20 heavy (non-hydrogen) atoms. The molecular formula is C14H22N4O2. The van der Waals surface area contributed by atoms with Gasteiger partial charge in [0.25, 0.3) is 0 Å². The van der Waals surface area contributed by atoms with Crippen LogP contribution in [-0.4, -0.2) is 38.7 Å². The number of hydrogen-bond acceptors (Lipinski definition) is 3. The number of rotatable bonds is 7. The Morgan fingerprint density at radius 1 is 1.30 bits per heavy atom. The van der Waals surface area contributed by atoms with Crippen molar-refractivity contribution in [3.05, 3.63) is 35.4 Å². The van der Waals surface area contributed by atoms with E-state index >= 15 is 0 Å². The average Bonchev–Trinajstić information content (AvgIpc) is 2.45. The summed E-state index contributed by atoms with van der Waals surface area (Å²) in [5.74, 6) is 0.318. The van der Waals surface area contributed by atoms with Crippen LogP contribution in [0.15, 0.2) is 29.3 Å². The first kappa shape index (κ1) is 16.0. The van der Waals surface area contributed by atoms with Crippen molar-refractivity contribution in [2.24, 2.45) is 10.7 Å². The molecule has 1 aromatic rings. The first-order valence-corrected chi connectivity index (χ1v) is 6.57. The number of ether oxygens (including phenoxy) is 1. The molecular weight excluding hydrogens is 256 g/mol. The quantitative estimate of drug-likeness (QED) is 0.385. The molecule has 0 unspecified atom stereocenters. The topological polar surface area (TPSA) is 88.7 Å². The number of carbonyl (C=O) groups excluding carboxylic acids is 1. The van der Waals surface area contributed by atoms with Gasteiger partial charge >= 0.3 is 0 Å². The molecule has 110 valence electrons. The van der Waals surface area contributed by atoms with E-state index in [1.54, 1.807) is 19.2 Å². The fourth-order valence-electron chi connectivity index (χ4n) is 1.56. The van der Waals surface area contributed by atoms with Gasteiger partial charge in [-0.25, -0.2) is 4.99 Å². The van der Waals surface area contributed by atoms with Gasteiger partial charge in [-0.1, -0.05) is 12.1 Å². The second-order valence-electron chi connectivity index (χ2n) is 4.18. The largest absolute Gasteiger partial charge is 0.383 e. The number of benzene rings is 1. The van der Waals surface area contributed by atoms with Crippen molar-refractivity contribution in [2.45, 2.75) is 13.5 Å². The zero-order valence-electron chi connectivity index (χ0n) is 12.0. The summed E-state index contributed by atoms with van der Waals surface area (Å²) in [6.45, 7) is 4.65. The molecule has 0 heterocycles. The first-order chi connectivity index (χ1) is 9.67. The molecule has 6 heteroatoms.